The highest BCUT2D eigenvalue weighted by Crippen LogP contribution is 2.27. The van der Waals surface area contributed by atoms with Crippen LogP contribution in [0.5, 0.6) is 0 Å². The highest BCUT2D eigenvalue weighted by Gasteiger charge is 2.26. The molecule has 0 radical (unpaired) electrons. The van der Waals surface area contributed by atoms with Crippen LogP contribution < -0.4 is 5.32 Å². The maximum atomic E-state index is 12.1. The molecule has 0 fully saturated rings. The zero-order valence-electron chi connectivity index (χ0n) is 12.9. The van der Waals surface area contributed by atoms with Crippen LogP contribution in [0, 0.1) is 5.41 Å². The summed E-state index contributed by atoms with van der Waals surface area (Å²) in [6.45, 7) is 4.70. The summed E-state index contributed by atoms with van der Waals surface area (Å²) < 4.78 is 2.27. The van der Waals surface area contributed by atoms with Crippen molar-refractivity contribution >= 4 is 23.2 Å². The first kappa shape index (κ1) is 15.1. The lowest BCUT2D eigenvalue weighted by Crippen LogP contribution is -2.32. The van der Waals surface area contributed by atoms with Crippen LogP contribution in [0.15, 0.2) is 30.5 Å². The lowest BCUT2D eigenvalue weighted by molar-refractivity contribution is -0.122. The number of benzene rings is 1. The number of anilines is 1. The highest BCUT2D eigenvalue weighted by atomic mass is 35.5. The molecule has 2 aromatic rings. The fourth-order valence-electron chi connectivity index (χ4n) is 2.57. The Morgan fingerprint density at radius 3 is 2.77 bits per heavy atom. The minimum atomic E-state index is -0.577. The third kappa shape index (κ3) is 2.75. The van der Waals surface area contributed by atoms with Crippen LogP contribution in [-0.2, 0) is 17.8 Å². The normalized spacial score (nSPS) is 14.0. The van der Waals surface area contributed by atoms with Gasteiger partial charge in [-0.3, -0.25) is 4.79 Å². The van der Waals surface area contributed by atoms with Crippen molar-refractivity contribution < 1.29 is 4.79 Å². The van der Waals surface area contributed by atoms with Crippen molar-refractivity contribution in [3.8, 4) is 11.3 Å². The largest absolute Gasteiger partial charge is 0.328 e. The van der Waals surface area contributed by atoms with Gasteiger partial charge in [-0.1, -0.05) is 12.1 Å². The van der Waals surface area contributed by atoms with Gasteiger partial charge in [0.1, 0.15) is 5.82 Å². The number of rotatable bonds is 4. The topological polar surface area (TPSA) is 46.9 Å². The molecule has 5 heteroatoms. The van der Waals surface area contributed by atoms with E-state index in [0.717, 1.165) is 42.2 Å². The van der Waals surface area contributed by atoms with Crippen LogP contribution in [0.25, 0.3) is 11.3 Å². The number of carbonyl (C=O) groups is 1. The van der Waals surface area contributed by atoms with E-state index in [1.54, 1.807) is 0 Å². The molecule has 1 amide bonds. The summed E-state index contributed by atoms with van der Waals surface area (Å²) in [7, 11) is 0. The minimum absolute atomic E-state index is 0.0690. The number of hydrogen-bond acceptors (Lipinski definition) is 2. The Morgan fingerprint density at radius 2 is 2.09 bits per heavy atom. The second kappa shape index (κ2) is 5.76. The molecule has 0 aliphatic carbocycles. The minimum Gasteiger partial charge on any atom is -0.328 e. The quantitative estimate of drug-likeness (QED) is 0.874. The summed E-state index contributed by atoms with van der Waals surface area (Å²) in [6, 6.07) is 7.89. The lowest BCUT2D eigenvalue weighted by Gasteiger charge is -2.20. The van der Waals surface area contributed by atoms with Crippen LogP contribution in [-0.4, -0.2) is 21.3 Å². The first-order valence-electron chi connectivity index (χ1n) is 7.53. The fraction of sp³-hybridized carbons (Fsp3) is 0.412. The maximum Gasteiger partial charge on any atom is 0.231 e. The molecule has 1 N–H and O–H groups in total. The van der Waals surface area contributed by atoms with Crippen LogP contribution in [0.4, 0.5) is 5.69 Å². The molecule has 1 aliphatic rings. The highest BCUT2D eigenvalue weighted by molar-refractivity contribution is 6.20. The van der Waals surface area contributed by atoms with Gasteiger partial charge in [0.25, 0.3) is 0 Å². The number of fused-ring (bicyclic) bond motifs is 1. The van der Waals surface area contributed by atoms with E-state index in [4.69, 9.17) is 11.6 Å². The van der Waals surface area contributed by atoms with Crippen LogP contribution in [0.3, 0.4) is 0 Å². The van der Waals surface area contributed by atoms with E-state index >= 15 is 0 Å². The molecule has 0 unspecified atom stereocenters. The molecule has 0 saturated carbocycles. The predicted molar refractivity (Wildman–Crippen MR) is 89.1 cm³/mol. The van der Waals surface area contributed by atoms with E-state index < -0.39 is 5.41 Å². The molecule has 2 heterocycles. The van der Waals surface area contributed by atoms with Gasteiger partial charge < -0.3 is 9.88 Å². The summed E-state index contributed by atoms with van der Waals surface area (Å²) in [5, 5.41) is 2.91. The van der Waals surface area contributed by atoms with Gasteiger partial charge in [0.2, 0.25) is 5.91 Å². The van der Waals surface area contributed by atoms with E-state index in [9.17, 15) is 4.79 Å². The van der Waals surface area contributed by atoms with Crippen molar-refractivity contribution in [3.63, 3.8) is 0 Å². The third-order valence-corrected chi connectivity index (χ3v) is 4.78. The van der Waals surface area contributed by atoms with Crippen molar-refractivity contribution in [1.82, 2.24) is 9.55 Å². The number of aryl methyl sites for hydroxylation is 1. The summed E-state index contributed by atoms with van der Waals surface area (Å²) in [4.78, 5) is 16.6. The van der Waals surface area contributed by atoms with Gasteiger partial charge >= 0.3 is 0 Å². The number of hydrogen-bond donors (Lipinski definition) is 1. The van der Waals surface area contributed by atoms with Crippen molar-refractivity contribution in [2.45, 2.75) is 33.2 Å². The Balaban J connectivity index is 1.77. The van der Waals surface area contributed by atoms with E-state index in [-0.39, 0.29) is 5.91 Å². The monoisotopic (exact) mass is 317 g/mol. The number of halogens is 1. The van der Waals surface area contributed by atoms with E-state index in [1.807, 2.05) is 44.3 Å². The zero-order valence-corrected chi connectivity index (χ0v) is 13.7. The molecule has 22 heavy (non-hydrogen) atoms. The maximum absolute atomic E-state index is 12.1. The van der Waals surface area contributed by atoms with Gasteiger partial charge in [-0.05, 0) is 38.0 Å². The zero-order chi connectivity index (χ0) is 15.7. The fourth-order valence-corrected chi connectivity index (χ4v) is 2.70. The second-order valence-corrected chi connectivity index (χ2v) is 6.63. The summed E-state index contributed by atoms with van der Waals surface area (Å²) in [6.07, 6.45) is 4.15. The molecule has 1 aromatic heterocycles. The molecule has 0 atom stereocenters. The van der Waals surface area contributed by atoms with Crippen LogP contribution in [0.1, 0.15) is 26.1 Å². The van der Waals surface area contributed by atoms with E-state index in [1.165, 1.54) is 0 Å². The molecular formula is C17H20ClN3O. The van der Waals surface area contributed by atoms with E-state index in [2.05, 4.69) is 14.9 Å². The molecule has 0 bridgehead atoms. The number of alkyl halides is 1. The summed E-state index contributed by atoms with van der Waals surface area (Å²) in [5.74, 6) is 1.38. The van der Waals surface area contributed by atoms with Crippen molar-refractivity contribution in [2.24, 2.45) is 5.41 Å². The molecular weight excluding hydrogens is 298 g/mol. The van der Waals surface area contributed by atoms with Gasteiger partial charge in [-0.2, -0.15) is 0 Å². The Hall–Kier alpha value is -1.81. The van der Waals surface area contributed by atoms with Crippen molar-refractivity contribution in [2.75, 3.05) is 11.2 Å². The van der Waals surface area contributed by atoms with Crippen LogP contribution >= 0.6 is 11.6 Å². The summed E-state index contributed by atoms with van der Waals surface area (Å²) in [5.41, 5.74) is 2.47. The van der Waals surface area contributed by atoms with Gasteiger partial charge in [0, 0.05) is 24.5 Å². The number of nitrogens with zero attached hydrogens (tertiary/aromatic N) is 2. The van der Waals surface area contributed by atoms with Crippen LogP contribution in [0.2, 0.25) is 0 Å². The average Bonchev–Trinajstić information content (AvgIpc) is 3.11. The molecule has 116 valence electrons. The van der Waals surface area contributed by atoms with Gasteiger partial charge in [-0.25, -0.2) is 4.98 Å². The first-order valence-corrected chi connectivity index (χ1v) is 8.07. The average molecular weight is 318 g/mol. The standard InChI is InChI=1S/C17H20ClN3O/c1-17(2,11-18)16(22)20-13-7-5-12(6-8-13)14-10-19-15-4-3-9-21(14)15/h5-8,10H,3-4,9,11H2,1-2H3,(H,20,22). The molecule has 0 saturated heterocycles. The number of imidazole rings is 1. The Bertz CT molecular complexity index is 688. The van der Waals surface area contributed by atoms with Gasteiger partial charge in [0.05, 0.1) is 17.3 Å². The Morgan fingerprint density at radius 1 is 1.36 bits per heavy atom. The van der Waals surface area contributed by atoms with Gasteiger partial charge in [0.15, 0.2) is 0 Å². The lowest BCUT2D eigenvalue weighted by atomic mass is 9.95. The number of nitrogens with one attached hydrogen (secondary N) is 1. The Kier molecular flexibility index (Phi) is 3.96. The first-order chi connectivity index (χ1) is 10.5. The molecule has 1 aromatic carbocycles. The van der Waals surface area contributed by atoms with Gasteiger partial charge in [-0.15, -0.1) is 11.6 Å². The summed E-state index contributed by atoms with van der Waals surface area (Å²) >= 11 is 5.83. The Labute approximate surface area is 135 Å². The molecule has 3 rings (SSSR count). The second-order valence-electron chi connectivity index (χ2n) is 6.36. The third-order valence-electron chi connectivity index (χ3n) is 4.11. The number of carbonyl (C=O) groups excluding carboxylic acids is 1. The van der Waals surface area contributed by atoms with Crippen molar-refractivity contribution in [3.05, 3.63) is 36.3 Å². The van der Waals surface area contributed by atoms with Crippen molar-refractivity contribution in [1.29, 1.82) is 0 Å². The predicted octanol–water partition coefficient (Wildman–Crippen LogP) is 3.70. The SMILES string of the molecule is CC(C)(CCl)C(=O)Nc1ccc(-c2cnc3n2CCC3)cc1. The number of amides is 1. The molecule has 4 nitrogen and oxygen atoms in total. The molecule has 0 spiro atoms. The number of aromatic nitrogens is 2. The van der Waals surface area contributed by atoms with E-state index in [0.29, 0.717) is 5.88 Å². The molecule has 1 aliphatic heterocycles. The smallest absolute Gasteiger partial charge is 0.231 e.